The van der Waals surface area contributed by atoms with E-state index in [0.717, 1.165) is 10.5 Å². The van der Waals surface area contributed by atoms with Gasteiger partial charge < -0.3 is 9.47 Å². The highest BCUT2D eigenvalue weighted by Crippen LogP contribution is 2.42. The third-order valence-corrected chi connectivity index (χ3v) is 5.43. The van der Waals surface area contributed by atoms with Crippen molar-refractivity contribution in [3.8, 4) is 0 Å². The summed E-state index contributed by atoms with van der Waals surface area (Å²) in [7, 11) is 0. The van der Waals surface area contributed by atoms with Crippen LogP contribution in [0.5, 0.6) is 0 Å². The van der Waals surface area contributed by atoms with E-state index in [1.54, 1.807) is 25.6 Å². The topological polar surface area (TPSA) is 38.8 Å². The molecule has 0 N–H and O–H groups in total. The quantitative estimate of drug-likeness (QED) is 0.670. The molecule has 1 amide bonds. The smallest absolute Gasteiger partial charge is 0.413 e. The molecule has 1 aromatic carbocycles. The van der Waals surface area contributed by atoms with E-state index in [1.165, 1.54) is 4.90 Å². The number of carbonyl (C=O) groups is 1. The molecule has 140 valence electrons. The van der Waals surface area contributed by atoms with Gasteiger partial charge in [0.1, 0.15) is 24.1 Å². The number of amides is 1. The number of nitrogens with zero attached hydrogens (tertiary/aromatic N) is 1. The Labute approximate surface area is 154 Å². The van der Waals surface area contributed by atoms with Gasteiger partial charge in [-0.1, -0.05) is 19.1 Å². The number of carbonyl (C=O) groups excluding carboxylic acids is 1. The molecule has 1 saturated heterocycles. The fourth-order valence-corrected chi connectivity index (χ4v) is 3.34. The van der Waals surface area contributed by atoms with Gasteiger partial charge in [0.15, 0.2) is 0 Å². The van der Waals surface area contributed by atoms with Crippen LogP contribution in [-0.4, -0.2) is 41.3 Å². The molecule has 1 aromatic rings. The molecule has 0 bridgehead atoms. The summed E-state index contributed by atoms with van der Waals surface area (Å²) in [5.74, 6) is 0. The van der Waals surface area contributed by atoms with Gasteiger partial charge in [0.05, 0.1) is 6.04 Å². The maximum atomic E-state index is 13.9. The molecule has 2 rings (SSSR count). The molecule has 1 fully saturated rings. The van der Waals surface area contributed by atoms with Crippen LogP contribution in [0.2, 0.25) is 0 Å². The van der Waals surface area contributed by atoms with Crippen molar-refractivity contribution in [1.29, 1.82) is 0 Å². The average molecular weight is 370 g/mol. The highest BCUT2D eigenvalue weighted by atomic mass is 32.2. The lowest BCUT2D eigenvalue weighted by atomic mass is 10.0. The van der Waals surface area contributed by atoms with E-state index in [-0.39, 0.29) is 0 Å². The Bertz CT molecular complexity index is 603. The first-order valence-electron chi connectivity index (χ1n) is 8.55. The molecule has 6 heteroatoms. The molecule has 0 saturated carbocycles. The lowest BCUT2D eigenvalue weighted by Gasteiger charge is -2.35. The van der Waals surface area contributed by atoms with E-state index >= 15 is 0 Å². The normalized spacial score (nSPS) is 22.9. The number of hydrogen-bond donors (Lipinski definition) is 0. The van der Waals surface area contributed by atoms with E-state index < -0.39 is 36.2 Å². The predicted octanol–water partition coefficient (Wildman–Crippen LogP) is 5.18. The summed E-state index contributed by atoms with van der Waals surface area (Å²) in [5, 5.41) is 0. The van der Waals surface area contributed by atoms with Crippen molar-refractivity contribution in [2.24, 2.45) is 0 Å². The molecule has 0 spiro atoms. The summed E-state index contributed by atoms with van der Waals surface area (Å²) in [6, 6.07) is 7.11. The standard InChI is InChI=1S/C19H28FNO3S/c1-7-18(2,3)24-17(22)21-15(12-20)16(23-19(21,4)5)13-8-10-14(25-6)11-9-13/h8-11,15-16H,7,12H2,1-6H3. The lowest BCUT2D eigenvalue weighted by molar-refractivity contribution is -0.0818. The Morgan fingerprint density at radius 1 is 1.36 bits per heavy atom. The van der Waals surface area contributed by atoms with Crippen molar-refractivity contribution in [2.45, 2.75) is 69.4 Å². The van der Waals surface area contributed by atoms with Crippen molar-refractivity contribution in [2.75, 3.05) is 12.9 Å². The van der Waals surface area contributed by atoms with Crippen LogP contribution in [0.25, 0.3) is 0 Å². The van der Waals surface area contributed by atoms with E-state index in [4.69, 9.17) is 9.47 Å². The van der Waals surface area contributed by atoms with Crippen LogP contribution in [0.4, 0.5) is 9.18 Å². The lowest BCUT2D eigenvalue weighted by Crippen LogP contribution is -2.50. The molecular formula is C19H28FNO3S. The van der Waals surface area contributed by atoms with Crippen LogP contribution in [0.3, 0.4) is 0 Å². The molecule has 0 radical (unpaired) electrons. The molecule has 0 aliphatic carbocycles. The zero-order chi connectivity index (χ0) is 18.8. The predicted molar refractivity (Wildman–Crippen MR) is 98.6 cm³/mol. The Balaban J connectivity index is 2.29. The fraction of sp³-hybridized carbons (Fsp3) is 0.632. The van der Waals surface area contributed by atoms with E-state index in [0.29, 0.717) is 6.42 Å². The minimum Gasteiger partial charge on any atom is -0.443 e. The molecule has 1 aliphatic heterocycles. The highest BCUT2D eigenvalue weighted by molar-refractivity contribution is 7.98. The first-order chi connectivity index (χ1) is 11.6. The van der Waals surface area contributed by atoms with Gasteiger partial charge in [0.2, 0.25) is 0 Å². The van der Waals surface area contributed by atoms with Gasteiger partial charge in [-0.2, -0.15) is 0 Å². The summed E-state index contributed by atoms with van der Waals surface area (Å²) in [4.78, 5) is 15.3. The summed E-state index contributed by atoms with van der Waals surface area (Å²) >= 11 is 1.64. The van der Waals surface area contributed by atoms with Crippen LogP contribution < -0.4 is 0 Å². The van der Waals surface area contributed by atoms with Crippen LogP contribution in [-0.2, 0) is 9.47 Å². The van der Waals surface area contributed by atoms with E-state index in [9.17, 15) is 9.18 Å². The van der Waals surface area contributed by atoms with Gasteiger partial charge in [0.25, 0.3) is 0 Å². The summed E-state index contributed by atoms with van der Waals surface area (Å²) in [5.41, 5.74) is -0.689. The monoisotopic (exact) mass is 369 g/mol. The number of halogens is 1. The number of benzene rings is 1. The number of hydrogen-bond acceptors (Lipinski definition) is 4. The van der Waals surface area contributed by atoms with E-state index in [1.807, 2.05) is 51.3 Å². The first kappa shape index (κ1) is 20.0. The highest BCUT2D eigenvalue weighted by Gasteiger charge is 2.51. The van der Waals surface area contributed by atoms with Gasteiger partial charge in [0, 0.05) is 4.90 Å². The molecule has 2 unspecified atom stereocenters. The summed E-state index contributed by atoms with van der Waals surface area (Å²) in [6.07, 6.45) is 1.62. The average Bonchev–Trinajstić information content (AvgIpc) is 2.85. The van der Waals surface area contributed by atoms with Gasteiger partial charge in [-0.15, -0.1) is 11.8 Å². The van der Waals surface area contributed by atoms with Crippen LogP contribution in [0.1, 0.15) is 52.7 Å². The second-order valence-electron chi connectivity index (χ2n) is 7.33. The third kappa shape index (κ3) is 4.29. The van der Waals surface area contributed by atoms with Crippen molar-refractivity contribution in [3.05, 3.63) is 29.8 Å². The maximum Gasteiger partial charge on any atom is 0.413 e. The van der Waals surface area contributed by atoms with Crippen molar-refractivity contribution in [1.82, 2.24) is 4.90 Å². The maximum absolute atomic E-state index is 13.9. The zero-order valence-electron chi connectivity index (χ0n) is 15.8. The van der Waals surface area contributed by atoms with Crippen LogP contribution in [0, 0.1) is 0 Å². The number of alkyl halides is 1. The van der Waals surface area contributed by atoms with Crippen LogP contribution in [0.15, 0.2) is 29.2 Å². The van der Waals surface area contributed by atoms with E-state index in [2.05, 4.69) is 0 Å². The summed E-state index contributed by atoms with van der Waals surface area (Å²) in [6.45, 7) is 8.48. The SMILES string of the molecule is CCC(C)(C)OC(=O)N1C(CF)C(c2ccc(SC)cc2)OC1(C)C. The van der Waals surface area contributed by atoms with Crippen molar-refractivity contribution < 1.29 is 18.7 Å². The number of ether oxygens (including phenoxy) is 2. The van der Waals surface area contributed by atoms with Gasteiger partial charge in [-0.25, -0.2) is 9.18 Å². The minimum absolute atomic E-state index is 0.520. The molecule has 4 nitrogen and oxygen atoms in total. The Morgan fingerprint density at radius 2 is 1.96 bits per heavy atom. The molecule has 25 heavy (non-hydrogen) atoms. The summed E-state index contributed by atoms with van der Waals surface area (Å²) < 4.78 is 25.6. The van der Waals surface area contributed by atoms with Gasteiger partial charge in [-0.3, -0.25) is 4.90 Å². The third-order valence-electron chi connectivity index (χ3n) is 4.69. The second kappa shape index (κ2) is 7.54. The van der Waals surface area contributed by atoms with Gasteiger partial charge >= 0.3 is 6.09 Å². The molecule has 0 aromatic heterocycles. The van der Waals surface area contributed by atoms with Crippen molar-refractivity contribution in [3.63, 3.8) is 0 Å². The molecular weight excluding hydrogens is 341 g/mol. The zero-order valence-corrected chi connectivity index (χ0v) is 16.7. The largest absolute Gasteiger partial charge is 0.443 e. The molecule has 1 heterocycles. The van der Waals surface area contributed by atoms with Crippen LogP contribution >= 0.6 is 11.8 Å². The fourth-order valence-electron chi connectivity index (χ4n) is 2.93. The Morgan fingerprint density at radius 3 is 2.44 bits per heavy atom. The van der Waals surface area contributed by atoms with Crippen molar-refractivity contribution >= 4 is 17.9 Å². The number of thioether (sulfide) groups is 1. The Kier molecular flexibility index (Phi) is 6.05. The molecule has 1 aliphatic rings. The first-order valence-corrected chi connectivity index (χ1v) is 9.77. The minimum atomic E-state index is -0.944. The second-order valence-corrected chi connectivity index (χ2v) is 8.21. The molecule has 2 atom stereocenters. The van der Waals surface area contributed by atoms with Gasteiger partial charge in [-0.05, 0) is 58.1 Å². The number of rotatable bonds is 5. The Hall–Kier alpha value is -1.27.